The van der Waals surface area contributed by atoms with Gasteiger partial charge in [-0.05, 0) is 26.0 Å². The Balaban J connectivity index is 1.87. The summed E-state index contributed by atoms with van der Waals surface area (Å²) in [6, 6.07) is 8.69. The summed E-state index contributed by atoms with van der Waals surface area (Å²) in [6.45, 7) is 7.21. The fourth-order valence-corrected chi connectivity index (χ4v) is 3.06. The van der Waals surface area contributed by atoms with Gasteiger partial charge in [-0.2, -0.15) is 0 Å². The van der Waals surface area contributed by atoms with Crippen LogP contribution in [0.4, 0.5) is 5.13 Å². The third kappa shape index (κ3) is 4.62. The van der Waals surface area contributed by atoms with Crippen molar-refractivity contribution in [2.75, 3.05) is 18.9 Å². The zero-order chi connectivity index (χ0) is 14.4. The molecule has 0 atom stereocenters. The van der Waals surface area contributed by atoms with Crippen molar-refractivity contribution in [3.8, 4) is 0 Å². The van der Waals surface area contributed by atoms with E-state index in [1.54, 1.807) is 11.3 Å². The highest BCUT2D eigenvalue weighted by molar-refractivity contribution is 7.15. The van der Waals surface area contributed by atoms with Crippen LogP contribution in [-0.2, 0) is 13.1 Å². The predicted octanol–water partition coefficient (Wildman–Crippen LogP) is 3.91. The summed E-state index contributed by atoms with van der Waals surface area (Å²) >= 11 is 1.75. The Labute approximate surface area is 125 Å². The first kappa shape index (κ1) is 15.0. The van der Waals surface area contributed by atoms with Gasteiger partial charge in [0.25, 0.3) is 0 Å². The van der Waals surface area contributed by atoms with Crippen molar-refractivity contribution < 1.29 is 0 Å². The van der Waals surface area contributed by atoms with Crippen molar-refractivity contribution in [1.82, 2.24) is 9.88 Å². The third-order valence-electron chi connectivity index (χ3n) is 3.04. The molecule has 0 saturated heterocycles. The maximum atomic E-state index is 4.41. The molecule has 0 fully saturated rings. The zero-order valence-corrected chi connectivity index (χ0v) is 13.3. The molecule has 2 aromatic rings. The van der Waals surface area contributed by atoms with Crippen LogP contribution in [0.25, 0.3) is 0 Å². The van der Waals surface area contributed by atoms with E-state index in [2.05, 4.69) is 60.4 Å². The van der Waals surface area contributed by atoms with Crippen LogP contribution in [0.3, 0.4) is 0 Å². The van der Waals surface area contributed by atoms with Gasteiger partial charge in [-0.25, -0.2) is 4.98 Å². The largest absolute Gasteiger partial charge is 0.362 e. The molecule has 1 N–H and O–H groups in total. The van der Waals surface area contributed by atoms with Crippen molar-refractivity contribution in [2.45, 2.75) is 33.4 Å². The molecule has 0 aliphatic carbocycles. The summed E-state index contributed by atoms with van der Waals surface area (Å²) in [4.78, 5) is 8.04. The molecule has 2 rings (SSSR count). The maximum Gasteiger partial charge on any atom is 0.182 e. The molecule has 108 valence electrons. The number of anilines is 1. The Hall–Kier alpha value is -1.39. The van der Waals surface area contributed by atoms with Crippen LogP contribution < -0.4 is 5.32 Å². The summed E-state index contributed by atoms with van der Waals surface area (Å²) in [5.74, 6) is 0. The number of hydrogen-bond acceptors (Lipinski definition) is 4. The molecule has 0 spiro atoms. The van der Waals surface area contributed by atoms with Gasteiger partial charge in [-0.3, -0.25) is 4.90 Å². The van der Waals surface area contributed by atoms with Crippen LogP contribution in [0.1, 0.15) is 29.3 Å². The number of aryl methyl sites for hydroxylation is 1. The average Bonchev–Trinajstić information content (AvgIpc) is 2.83. The van der Waals surface area contributed by atoms with Crippen molar-refractivity contribution in [3.63, 3.8) is 0 Å². The van der Waals surface area contributed by atoms with E-state index in [0.29, 0.717) is 0 Å². The van der Waals surface area contributed by atoms with E-state index in [-0.39, 0.29) is 0 Å². The molecule has 0 amide bonds. The molecule has 0 saturated carbocycles. The lowest BCUT2D eigenvalue weighted by atomic mass is 10.1. The van der Waals surface area contributed by atoms with Gasteiger partial charge in [0.2, 0.25) is 0 Å². The Morgan fingerprint density at radius 3 is 2.90 bits per heavy atom. The highest BCUT2D eigenvalue weighted by atomic mass is 32.1. The number of benzene rings is 1. The monoisotopic (exact) mass is 289 g/mol. The number of thiazole rings is 1. The molecule has 0 aliphatic heterocycles. The van der Waals surface area contributed by atoms with E-state index in [9.17, 15) is 0 Å². The fourth-order valence-electron chi connectivity index (χ4n) is 2.14. The lowest BCUT2D eigenvalue weighted by Crippen LogP contribution is -2.16. The van der Waals surface area contributed by atoms with E-state index in [0.717, 1.165) is 31.2 Å². The first-order valence-corrected chi connectivity index (χ1v) is 7.91. The Morgan fingerprint density at radius 1 is 1.30 bits per heavy atom. The Morgan fingerprint density at radius 2 is 2.15 bits per heavy atom. The topological polar surface area (TPSA) is 28.2 Å². The highest BCUT2D eigenvalue weighted by Crippen LogP contribution is 2.20. The van der Waals surface area contributed by atoms with E-state index in [1.165, 1.54) is 16.0 Å². The minimum Gasteiger partial charge on any atom is -0.362 e. The second-order valence-electron chi connectivity index (χ2n) is 5.22. The lowest BCUT2D eigenvalue weighted by molar-refractivity contribution is 0.321. The van der Waals surface area contributed by atoms with E-state index in [4.69, 9.17) is 0 Å². The van der Waals surface area contributed by atoms with Gasteiger partial charge in [-0.1, -0.05) is 36.8 Å². The molecule has 1 aromatic carbocycles. The molecule has 3 nitrogen and oxygen atoms in total. The fraction of sp³-hybridized carbons (Fsp3) is 0.438. The average molecular weight is 289 g/mol. The molecule has 4 heteroatoms. The summed E-state index contributed by atoms with van der Waals surface area (Å²) in [5.41, 5.74) is 2.68. The van der Waals surface area contributed by atoms with E-state index < -0.39 is 0 Å². The molecule has 0 unspecified atom stereocenters. The molecule has 0 aliphatic rings. The van der Waals surface area contributed by atoms with Crippen molar-refractivity contribution >= 4 is 16.5 Å². The molecule has 0 radical (unpaired) electrons. The number of nitrogens with one attached hydrogen (secondary N) is 1. The maximum absolute atomic E-state index is 4.41. The Kier molecular flexibility index (Phi) is 5.56. The summed E-state index contributed by atoms with van der Waals surface area (Å²) in [6.07, 6.45) is 3.11. The third-order valence-corrected chi connectivity index (χ3v) is 3.98. The SMILES string of the molecule is CCCNc1ncc(CN(C)Cc2cccc(C)c2)s1. The zero-order valence-electron chi connectivity index (χ0n) is 12.5. The highest BCUT2D eigenvalue weighted by Gasteiger charge is 2.06. The van der Waals surface area contributed by atoms with Gasteiger partial charge in [0, 0.05) is 30.7 Å². The second kappa shape index (κ2) is 7.41. The molecule has 20 heavy (non-hydrogen) atoms. The second-order valence-corrected chi connectivity index (χ2v) is 6.34. The van der Waals surface area contributed by atoms with Crippen molar-refractivity contribution in [2.24, 2.45) is 0 Å². The van der Waals surface area contributed by atoms with Crippen LogP contribution >= 0.6 is 11.3 Å². The smallest absolute Gasteiger partial charge is 0.182 e. The van der Waals surface area contributed by atoms with Gasteiger partial charge >= 0.3 is 0 Å². The quantitative estimate of drug-likeness (QED) is 0.837. The van der Waals surface area contributed by atoms with Crippen LogP contribution in [0.15, 0.2) is 30.5 Å². The number of hydrogen-bond donors (Lipinski definition) is 1. The van der Waals surface area contributed by atoms with Crippen molar-refractivity contribution in [1.29, 1.82) is 0 Å². The minimum absolute atomic E-state index is 0.944. The van der Waals surface area contributed by atoms with Crippen LogP contribution in [0, 0.1) is 6.92 Å². The molecular formula is C16H23N3S. The first-order chi connectivity index (χ1) is 9.67. The van der Waals surface area contributed by atoms with Gasteiger partial charge in [0.15, 0.2) is 5.13 Å². The van der Waals surface area contributed by atoms with E-state index in [1.807, 2.05) is 6.20 Å². The van der Waals surface area contributed by atoms with Crippen LogP contribution in [0.5, 0.6) is 0 Å². The minimum atomic E-state index is 0.944. The molecule has 1 heterocycles. The van der Waals surface area contributed by atoms with Gasteiger partial charge in [0.05, 0.1) is 0 Å². The number of aromatic nitrogens is 1. The standard InChI is InChI=1S/C16H23N3S/c1-4-8-17-16-18-10-15(20-16)12-19(3)11-14-7-5-6-13(2)9-14/h5-7,9-10H,4,8,11-12H2,1-3H3,(H,17,18). The summed E-state index contributed by atoms with van der Waals surface area (Å²) in [7, 11) is 2.15. The lowest BCUT2D eigenvalue weighted by Gasteiger charge is -2.15. The van der Waals surface area contributed by atoms with E-state index >= 15 is 0 Å². The predicted molar refractivity (Wildman–Crippen MR) is 87.2 cm³/mol. The van der Waals surface area contributed by atoms with Gasteiger partial charge < -0.3 is 5.32 Å². The van der Waals surface area contributed by atoms with Crippen LogP contribution in [0.2, 0.25) is 0 Å². The summed E-state index contributed by atoms with van der Waals surface area (Å²) < 4.78 is 0. The number of nitrogens with zero attached hydrogens (tertiary/aromatic N) is 2. The number of rotatable bonds is 7. The van der Waals surface area contributed by atoms with Crippen LogP contribution in [-0.4, -0.2) is 23.5 Å². The molecule has 0 bridgehead atoms. The molecular weight excluding hydrogens is 266 g/mol. The normalized spacial score (nSPS) is 11.0. The van der Waals surface area contributed by atoms with Crippen molar-refractivity contribution in [3.05, 3.63) is 46.5 Å². The van der Waals surface area contributed by atoms with Gasteiger partial charge in [-0.15, -0.1) is 11.3 Å². The summed E-state index contributed by atoms with van der Waals surface area (Å²) in [5, 5.41) is 4.37. The van der Waals surface area contributed by atoms with Gasteiger partial charge in [0.1, 0.15) is 0 Å². The molecule has 1 aromatic heterocycles. The first-order valence-electron chi connectivity index (χ1n) is 7.10. The Bertz CT molecular complexity index is 536.